The normalized spacial score (nSPS) is 12.2. The number of hydrogen-bond donors (Lipinski definition) is 1. The van der Waals surface area contributed by atoms with Gasteiger partial charge in [-0.3, -0.25) is 4.79 Å². The monoisotopic (exact) mass is 243 g/mol. The Bertz CT molecular complexity index is 337. The number of halogens is 2. The molecule has 0 heterocycles. The van der Waals surface area contributed by atoms with Gasteiger partial charge in [0.2, 0.25) is 0 Å². The lowest BCUT2D eigenvalue weighted by Crippen LogP contribution is -2.24. The van der Waals surface area contributed by atoms with E-state index >= 15 is 0 Å². The Labute approximate surface area is 99.8 Å². The van der Waals surface area contributed by atoms with E-state index in [4.69, 9.17) is 11.6 Å². The predicted octanol–water partition coefficient (Wildman–Crippen LogP) is 2.96. The number of carbonyl (C=O) groups excluding carboxylic acids is 1. The van der Waals surface area contributed by atoms with E-state index in [1.165, 1.54) is 24.3 Å². The zero-order chi connectivity index (χ0) is 12.0. The van der Waals surface area contributed by atoms with E-state index in [1.807, 2.05) is 6.92 Å². The number of benzene rings is 1. The summed E-state index contributed by atoms with van der Waals surface area (Å²) in [5.74, 6) is -0.519. The van der Waals surface area contributed by atoms with Crippen LogP contribution in [0.2, 0.25) is 0 Å². The van der Waals surface area contributed by atoms with Crippen LogP contribution < -0.4 is 5.32 Å². The molecule has 0 saturated heterocycles. The van der Waals surface area contributed by atoms with Crippen molar-refractivity contribution in [2.75, 3.05) is 6.54 Å². The molecule has 88 valence electrons. The number of rotatable bonds is 5. The molecule has 0 aliphatic carbocycles. The van der Waals surface area contributed by atoms with Crippen LogP contribution in [0.3, 0.4) is 0 Å². The minimum Gasteiger partial charge on any atom is -0.352 e. The molecule has 0 saturated carbocycles. The number of carbonyl (C=O) groups is 1. The lowest BCUT2D eigenvalue weighted by Gasteiger charge is -2.05. The van der Waals surface area contributed by atoms with Gasteiger partial charge in [0.1, 0.15) is 5.82 Å². The summed E-state index contributed by atoms with van der Waals surface area (Å²) in [4.78, 5) is 11.5. The molecule has 0 aliphatic rings. The summed E-state index contributed by atoms with van der Waals surface area (Å²) in [6.07, 6.45) is 1.71. The molecule has 2 nitrogen and oxygen atoms in total. The average molecular weight is 244 g/mol. The van der Waals surface area contributed by atoms with Crippen molar-refractivity contribution < 1.29 is 9.18 Å². The van der Waals surface area contributed by atoms with E-state index in [2.05, 4.69) is 5.32 Å². The second-order valence-electron chi connectivity index (χ2n) is 3.69. The van der Waals surface area contributed by atoms with Gasteiger partial charge in [-0.2, -0.15) is 0 Å². The predicted molar refractivity (Wildman–Crippen MR) is 63.3 cm³/mol. The van der Waals surface area contributed by atoms with Gasteiger partial charge in [-0.1, -0.05) is 0 Å². The third-order valence-electron chi connectivity index (χ3n) is 2.17. The lowest BCUT2D eigenvalue weighted by molar-refractivity contribution is 0.0953. The Morgan fingerprint density at radius 1 is 1.44 bits per heavy atom. The van der Waals surface area contributed by atoms with E-state index in [0.29, 0.717) is 12.1 Å². The van der Waals surface area contributed by atoms with Crippen LogP contribution >= 0.6 is 11.6 Å². The molecule has 0 spiro atoms. The minimum atomic E-state index is -0.340. The summed E-state index contributed by atoms with van der Waals surface area (Å²) in [5, 5.41) is 2.88. The third kappa shape index (κ3) is 4.62. The lowest BCUT2D eigenvalue weighted by atomic mass is 10.2. The number of amides is 1. The van der Waals surface area contributed by atoms with Gasteiger partial charge in [0.15, 0.2) is 0 Å². The van der Waals surface area contributed by atoms with Crippen molar-refractivity contribution in [1.82, 2.24) is 5.32 Å². The van der Waals surface area contributed by atoms with Crippen LogP contribution in [-0.4, -0.2) is 17.8 Å². The maximum Gasteiger partial charge on any atom is 0.251 e. The fourth-order valence-corrected chi connectivity index (χ4v) is 1.44. The van der Waals surface area contributed by atoms with Gasteiger partial charge in [0.25, 0.3) is 5.91 Å². The van der Waals surface area contributed by atoms with Crippen LogP contribution in [0.15, 0.2) is 24.3 Å². The fraction of sp³-hybridized carbons (Fsp3) is 0.417. The standard InChI is InChI=1S/C12H15ClFNO/c1-9(13)3-2-8-15-12(16)10-4-6-11(14)7-5-10/h4-7,9H,2-3,8H2,1H3,(H,15,16). The summed E-state index contributed by atoms with van der Waals surface area (Å²) in [6.45, 7) is 2.51. The Kier molecular flexibility index (Phi) is 5.26. The van der Waals surface area contributed by atoms with Gasteiger partial charge < -0.3 is 5.32 Å². The summed E-state index contributed by atoms with van der Waals surface area (Å²) >= 11 is 5.77. The maximum absolute atomic E-state index is 12.6. The zero-order valence-corrected chi connectivity index (χ0v) is 9.93. The first kappa shape index (κ1) is 13.0. The largest absolute Gasteiger partial charge is 0.352 e. The molecular weight excluding hydrogens is 229 g/mol. The number of nitrogens with one attached hydrogen (secondary N) is 1. The minimum absolute atomic E-state index is 0.128. The highest BCUT2D eigenvalue weighted by atomic mass is 35.5. The van der Waals surface area contributed by atoms with E-state index in [9.17, 15) is 9.18 Å². The Balaban J connectivity index is 2.32. The number of hydrogen-bond acceptors (Lipinski definition) is 1. The molecule has 0 aliphatic heterocycles. The maximum atomic E-state index is 12.6. The molecular formula is C12H15ClFNO. The van der Waals surface area contributed by atoms with Gasteiger partial charge in [0, 0.05) is 17.5 Å². The second-order valence-corrected chi connectivity index (χ2v) is 4.43. The van der Waals surface area contributed by atoms with Crippen molar-refractivity contribution >= 4 is 17.5 Å². The summed E-state index contributed by atoms with van der Waals surface area (Å²) in [6, 6.07) is 5.48. The van der Waals surface area contributed by atoms with E-state index < -0.39 is 0 Å². The molecule has 1 aromatic carbocycles. The highest BCUT2D eigenvalue weighted by molar-refractivity contribution is 6.20. The zero-order valence-electron chi connectivity index (χ0n) is 9.17. The SMILES string of the molecule is CC(Cl)CCCNC(=O)c1ccc(F)cc1. The van der Waals surface area contributed by atoms with Crippen molar-refractivity contribution in [2.45, 2.75) is 25.1 Å². The van der Waals surface area contributed by atoms with E-state index in [1.54, 1.807) is 0 Å². The Morgan fingerprint density at radius 2 is 2.06 bits per heavy atom. The van der Waals surface area contributed by atoms with Gasteiger partial charge in [0.05, 0.1) is 0 Å². The van der Waals surface area contributed by atoms with E-state index in [-0.39, 0.29) is 17.1 Å². The molecule has 0 bridgehead atoms. The van der Waals surface area contributed by atoms with Crippen LogP contribution in [0.5, 0.6) is 0 Å². The molecule has 1 atom stereocenters. The quantitative estimate of drug-likeness (QED) is 0.625. The van der Waals surface area contributed by atoms with Crippen molar-refractivity contribution in [3.63, 3.8) is 0 Å². The Morgan fingerprint density at radius 3 is 2.62 bits per heavy atom. The highest BCUT2D eigenvalue weighted by Gasteiger charge is 2.04. The van der Waals surface area contributed by atoms with Crippen LogP contribution in [0, 0.1) is 5.82 Å². The fourth-order valence-electron chi connectivity index (χ4n) is 1.29. The molecule has 0 aromatic heterocycles. The smallest absolute Gasteiger partial charge is 0.251 e. The van der Waals surface area contributed by atoms with Crippen LogP contribution in [0.1, 0.15) is 30.1 Å². The molecule has 1 unspecified atom stereocenters. The van der Waals surface area contributed by atoms with Crippen molar-refractivity contribution in [1.29, 1.82) is 0 Å². The van der Waals surface area contributed by atoms with Crippen LogP contribution in [0.25, 0.3) is 0 Å². The van der Waals surface area contributed by atoms with Crippen molar-refractivity contribution in [3.8, 4) is 0 Å². The van der Waals surface area contributed by atoms with Gasteiger partial charge >= 0.3 is 0 Å². The average Bonchev–Trinajstić information content (AvgIpc) is 2.25. The second kappa shape index (κ2) is 6.48. The van der Waals surface area contributed by atoms with Crippen molar-refractivity contribution in [2.24, 2.45) is 0 Å². The molecule has 4 heteroatoms. The first-order chi connectivity index (χ1) is 7.59. The van der Waals surface area contributed by atoms with E-state index in [0.717, 1.165) is 12.8 Å². The Hall–Kier alpha value is -1.09. The molecule has 16 heavy (non-hydrogen) atoms. The third-order valence-corrected chi connectivity index (χ3v) is 2.39. The molecule has 1 rings (SSSR count). The molecule has 1 amide bonds. The summed E-state index contributed by atoms with van der Waals surface area (Å²) < 4.78 is 12.6. The first-order valence-electron chi connectivity index (χ1n) is 5.27. The first-order valence-corrected chi connectivity index (χ1v) is 5.71. The molecule has 0 radical (unpaired) electrons. The highest BCUT2D eigenvalue weighted by Crippen LogP contribution is 2.04. The summed E-state index contributed by atoms with van der Waals surface area (Å²) in [5.41, 5.74) is 0.473. The topological polar surface area (TPSA) is 29.1 Å². The van der Waals surface area contributed by atoms with Crippen LogP contribution in [-0.2, 0) is 0 Å². The molecule has 1 N–H and O–H groups in total. The summed E-state index contributed by atoms with van der Waals surface area (Å²) in [7, 11) is 0. The van der Waals surface area contributed by atoms with Gasteiger partial charge in [-0.05, 0) is 44.0 Å². The molecule has 0 fully saturated rings. The van der Waals surface area contributed by atoms with Gasteiger partial charge in [-0.15, -0.1) is 11.6 Å². The van der Waals surface area contributed by atoms with Gasteiger partial charge in [-0.25, -0.2) is 4.39 Å². The molecule has 1 aromatic rings. The van der Waals surface area contributed by atoms with Crippen LogP contribution in [0.4, 0.5) is 4.39 Å². The number of alkyl halides is 1. The van der Waals surface area contributed by atoms with Crippen molar-refractivity contribution in [3.05, 3.63) is 35.6 Å².